The van der Waals surface area contributed by atoms with E-state index in [0.717, 1.165) is 6.54 Å². The van der Waals surface area contributed by atoms with Gasteiger partial charge in [0.05, 0.1) is 0 Å². The largest absolute Gasteiger partial charge is 0.444 e. The van der Waals surface area contributed by atoms with Crippen LogP contribution in [0.5, 0.6) is 0 Å². The Morgan fingerprint density at radius 3 is 2.30 bits per heavy atom. The monoisotopic (exact) mass is 286 g/mol. The van der Waals surface area contributed by atoms with E-state index in [1.807, 2.05) is 27.7 Å². The fourth-order valence-corrected chi connectivity index (χ4v) is 1.92. The summed E-state index contributed by atoms with van der Waals surface area (Å²) in [6, 6.07) is 0.567. The molecule has 1 amide bonds. The fourth-order valence-electron chi connectivity index (χ4n) is 1.92. The van der Waals surface area contributed by atoms with E-state index in [1.165, 1.54) is 32.1 Å². The molecule has 2 atom stereocenters. The lowest BCUT2D eigenvalue weighted by Gasteiger charge is -2.23. The molecule has 0 rings (SSSR count). The molecule has 4 nitrogen and oxygen atoms in total. The normalized spacial score (nSPS) is 14.7. The molecule has 0 radical (unpaired) electrons. The first-order valence-electron chi connectivity index (χ1n) is 7.97. The highest BCUT2D eigenvalue weighted by atomic mass is 16.6. The topological polar surface area (TPSA) is 50.4 Å². The molecule has 4 heteroatoms. The molecule has 0 aliphatic carbocycles. The van der Waals surface area contributed by atoms with Crippen LogP contribution in [-0.4, -0.2) is 30.3 Å². The van der Waals surface area contributed by atoms with Crippen molar-refractivity contribution >= 4 is 6.09 Å². The summed E-state index contributed by atoms with van der Waals surface area (Å²) in [6.45, 7) is 12.8. The minimum absolute atomic E-state index is 0.0722. The van der Waals surface area contributed by atoms with Crippen LogP contribution in [0.1, 0.15) is 73.6 Å². The molecular weight excluding hydrogens is 252 g/mol. The second-order valence-corrected chi connectivity index (χ2v) is 6.71. The number of carbonyl (C=O) groups excluding carboxylic acids is 1. The van der Waals surface area contributed by atoms with Gasteiger partial charge in [-0.05, 0) is 41.0 Å². The number of rotatable bonds is 9. The molecule has 2 unspecified atom stereocenters. The van der Waals surface area contributed by atoms with E-state index in [-0.39, 0.29) is 12.1 Å². The Balaban J connectivity index is 3.71. The fraction of sp³-hybridized carbons (Fsp3) is 0.938. The molecule has 0 spiro atoms. The summed E-state index contributed by atoms with van der Waals surface area (Å²) in [7, 11) is 0. The molecule has 0 saturated heterocycles. The van der Waals surface area contributed by atoms with E-state index < -0.39 is 5.60 Å². The van der Waals surface area contributed by atoms with E-state index in [9.17, 15) is 4.79 Å². The van der Waals surface area contributed by atoms with Gasteiger partial charge in [0, 0.05) is 18.6 Å². The molecule has 0 fully saturated rings. The van der Waals surface area contributed by atoms with Crippen LogP contribution in [0.4, 0.5) is 4.79 Å². The first kappa shape index (κ1) is 19.2. The maximum absolute atomic E-state index is 11.6. The molecule has 0 bridgehead atoms. The van der Waals surface area contributed by atoms with E-state index in [2.05, 4.69) is 24.5 Å². The molecule has 0 aromatic rings. The minimum atomic E-state index is -0.441. The van der Waals surface area contributed by atoms with Gasteiger partial charge in [-0.3, -0.25) is 0 Å². The van der Waals surface area contributed by atoms with Crippen molar-refractivity contribution in [1.82, 2.24) is 10.6 Å². The van der Waals surface area contributed by atoms with Crippen molar-refractivity contribution < 1.29 is 9.53 Å². The molecule has 0 heterocycles. The van der Waals surface area contributed by atoms with Crippen LogP contribution in [0.2, 0.25) is 0 Å². The van der Waals surface area contributed by atoms with Gasteiger partial charge in [0.1, 0.15) is 5.60 Å². The molecule has 0 saturated carbocycles. The zero-order valence-corrected chi connectivity index (χ0v) is 14.2. The summed E-state index contributed by atoms with van der Waals surface area (Å²) >= 11 is 0. The SMILES string of the molecule is CCCCCCC(C)NCC(C)NC(=O)OC(C)(C)C. The Morgan fingerprint density at radius 1 is 1.10 bits per heavy atom. The Morgan fingerprint density at radius 2 is 1.75 bits per heavy atom. The van der Waals surface area contributed by atoms with E-state index in [0.29, 0.717) is 6.04 Å². The van der Waals surface area contributed by atoms with Gasteiger partial charge in [0.15, 0.2) is 0 Å². The lowest BCUT2D eigenvalue weighted by molar-refractivity contribution is 0.0507. The second-order valence-electron chi connectivity index (χ2n) is 6.71. The van der Waals surface area contributed by atoms with Gasteiger partial charge >= 0.3 is 6.09 Å². The van der Waals surface area contributed by atoms with E-state index >= 15 is 0 Å². The van der Waals surface area contributed by atoms with Crippen molar-refractivity contribution in [2.75, 3.05) is 6.54 Å². The van der Waals surface area contributed by atoms with Gasteiger partial charge < -0.3 is 15.4 Å². The van der Waals surface area contributed by atoms with Crippen LogP contribution in [0.3, 0.4) is 0 Å². The number of nitrogens with one attached hydrogen (secondary N) is 2. The first-order valence-corrected chi connectivity index (χ1v) is 7.97. The Kier molecular flexibility index (Phi) is 9.64. The Hall–Kier alpha value is -0.770. The van der Waals surface area contributed by atoms with Gasteiger partial charge in [-0.25, -0.2) is 4.79 Å². The number of amides is 1. The first-order chi connectivity index (χ1) is 9.24. The smallest absolute Gasteiger partial charge is 0.407 e. The summed E-state index contributed by atoms with van der Waals surface area (Å²) in [4.78, 5) is 11.6. The highest BCUT2D eigenvalue weighted by Crippen LogP contribution is 2.07. The predicted molar refractivity (Wildman–Crippen MR) is 85.1 cm³/mol. The third-order valence-electron chi connectivity index (χ3n) is 3.03. The van der Waals surface area contributed by atoms with Crippen LogP contribution < -0.4 is 10.6 Å². The standard InChI is InChI=1S/C16H34N2O2/c1-7-8-9-10-11-13(2)17-12-14(3)18-15(19)20-16(4,5)6/h13-14,17H,7-12H2,1-6H3,(H,18,19). The molecule has 0 aliphatic rings. The van der Waals surface area contributed by atoms with Crippen LogP contribution in [0, 0.1) is 0 Å². The highest BCUT2D eigenvalue weighted by molar-refractivity contribution is 5.68. The van der Waals surface area contributed by atoms with Crippen molar-refractivity contribution in [3.05, 3.63) is 0 Å². The summed E-state index contributed by atoms with van der Waals surface area (Å²) in [5.74, 6) is 0. The van der Waals surface area contributed by atoms with Crippen molar-refractivity contribution in [3.63, 3.8) is 0 Å². The minimum Gasteiger partial charge on any atom is -0.444 e. The lowest BCUT2D eigenvalue weighted by atomic mass is 10.1. The molecular formula is C16H34N2O2. The van der Waals surface area contributed by atoms with Crippen LogP contribution >= 0.6 is 0 Å². The number of hydrogen-bond acceptors (Lipinski definition) is 3. The van der Waals surface area contributed by atoms with Crippen molar-refractivity contribution in [1.29, 1.82) is 0 Å². The number of hydrogen-bond donors (Lipinski definition) is 2. The van der Waals surface area contributed by atoms with Crippen molar-refractivity contribution in [2.45, 2.75) is 91.3 Å². The van der Waals surface area contributed by atoms with Crippen molar-refractivity contribution in [3.8, 4) is 0 Å². The molecule has 0 aromatic carbocycles. The quantitative estimate of drug-likeness (QED) is 0.633. The van der Waals surface area contributed by atoms with Crippen LogP contribution in [-0.2, 0) is 4.74 Å². The van der Waals surface area contributed by atoms with Gasteiger partial charge in [-0.1, -0.05) is 32.6 Å². The molecule has 120 valence electrons. The molecule has 0 aromatic heterocycles. The van der Waals surface area contributed by atoms with Gasteiger partial charge in [0.2, 0.25) is 0 Å². The summed E-state index contributed by atoms with van der Waals surface area (Å²) in [5, 5.41) is 6.30. The second kappa shape index (κ2) is 10.0. The number of carbonyl (C=O) groups is 1. The number of ether oxygens (including phenoxy) is 1. The lowest BCUT2D eigenvalue weighted by Crippen LogP contribution is -2.44. The summed E-state index contributed by atoms with van der Waals surface area (Å²) in [5.41, 5.74) is -0.441. The van der Waals surface area contributed by atoms with E-state index in [4.69, 9.17) is 4.74 Å². The van der Waals surface area contributed by atoms with Crippen LogP contribution in [0.25, 0.3) is 0 Å². The maximum Gasteiger partial charge on any atom is 0.407 e. The van der Waals surface area contributed by atoms with Gasteiger partial charge in [-0.2, -0.15) is 0 Å². The van der Waals surface area contributed by atoms with E-state index in [1.54, 1.807) is 0 Å². The zero-order chi connectivity index (χ0) is 15.6. The molecule has 20 heavy (non-hydrogen) atoms. The molecule has 0 aliphatic heterocycles. The van der Waals surface area contributed by atoms with Gasteiger partial charge in [-0.15, -0.1) is 0 Å². The average molecular weight is 286 g/mol. The summed E-state index contributed by atoms with van der Waals surface area (Å²) in [6.07, 6.45) is 6.04. The van der Waals surface area contributed by atoms with Crippen LogP contribution in [0.15, 0.2) is 0 Å². The average Bonchev–Trinajstić information content (AvgIpc) is 2.29. The number of alkyl carbamates (subject to hydrolysis) is 1. The number of unbranched alkanes of at least 4 members (excludes halogenated alkanes) is 3. The third-order valence-corrected chi connectivity index (χ3v) is 3.03. The Labute approximate surface area is 125 Å². The van der Waals surface area contributed by atoms with Crippen molar-refractivity contribution in [2.24, 2.45) is 0 Å². The highest BCUT2D eigenvalue weighted by Gasteiger charge is 2.17. The maximum atomic E-state index is 11.6. The third kappa shape index (κ3) is 12.3. The zero-order valence-electron chi connectivity index (χ0n) is 14.2. The summed E-state index contributed by atoms with van der Waals surface area (Å²) < 4.78 is 5.23. The Bertz CT molecular complexity index is 262. The predicted octanol–water partition coefficient (Wildman–Crippen LogP) is 3.85. The van der Waals surface area contributed by atoms with Gasteiger partial charge in [0.25, 0.3) is 0 Å². The molecule has 2 N–H and O–H groups in total.